The van der Waals surface area contributed by atoms with Gasteiger partial charge in [-0.1, -0.05) is 45.0 Å². The number of hydrogen-bond donors (Lipinski definition) is 3. The summed E-state index contributed by atoms with van der Waals surface area (Å²) in [5.41, 5.74) is 2.30. The Morgan fingerprint density at radius 2 is 1.58 bits per heavy atom. The number of phenolic OH excluding ortho intramolecular Hbond substituents is 1. The van der Waals surface area contributed by atoms with Crippen LogP contribution in [-0.4, -0.2) is 53.7 Å². The molecule has 1 aliphatic heterocycles. The number of fused-ring (bicyclic) bond motifs is 1. The number of aromatic hydroxyl groups is 1. The van der Waals surface area contributed by atoms with E-state index in [9.17, 15) is 5.11 Å². The number of phenols is 1. The van der Waals surface area contributed by atoms with Crippen LogP contribution in [0.25, 0.3) is 11.1 Å². The summed E-state index contributed by atoms with van der Waals surface area (Å²) in [7, 11) is 0. The highest BCUT2D eigenvalue weighted by atomic mass is 32.2. The predicted molar refractivity (Wildman–Crippen MR) is 132 cm³/mol. The summed E-state index contributed by atoms with van der Waals surface area (Å²) in [5.74, 6) is 3.69. The molecule has 6 heteroatoms. The van der Waals surface area contributed by atoms with Crippen LogP contribution in [0.4, 0.5) is 0 Å². The smallest absolute Gasteiger partial charge is 0.122 e. The largest absolute Gasteiger partial charge is 0.508 e. The van der Waals surface area contributed by atoms with Gasteiger partial charge in [0.15, 0.2) is 0 Å². The number of benzene rings is 2. The molecule has 2 aromatic rings. The lowest BCUT2D eigenvalue weighted by Gasteiger charge is -2.13. The van der Waals surface area contributed by atoms with E-state index in [2.05, 4.69) is 54.1 Å². The zero-order valence-electron chi connectivity index (χ0n) is 19.0. The van der Waals surface area contributed by atoms with Crippen molar-refractivity contribution in [1.82, 2.24) is 4.90 Å². The third kappa shape index (κ3) is 7.49. The molecule has 2 aromatic carbocycles. The number of likely N-dealkylation sites (tertiary alicyclic amines) is 1. The number of thioether (sulfide) groups is 1. The van der Waals surface area contributed by atoms with Crippen LogP contribution in [-0.2, 0) is 0 Å². The number of nitrogens with zero attached hydrogens (tertiary/aromatic N) is 2. The Hall–Kier alpha value is -2.15. The first-order valence-corrected chi connectivity index (χ1v) is 11.8. The molecule has 1 heterocycles. The summed E-state index contributed by atoms with van der Waals surface area (Å²) in [6, 6.07) is 15.7. The van der Waals surface area contributed by atoms with Crippen LogP contribution in [0.5, 0.6) is 5.75 Å². The fourth-order valence-corrected chi connectivity index (χ4v) is 4.05. The molecule has 1 aliphatic carbocycles. The van der Waals surface area contributed by atoms with E-state index < -0.39 is 0 Å². The first-order chi connectivity index (χ1) is 14.8. The minimum absolute atomic E-state index is 0.220. The average Bonchev–Trinajstić information content (AvgIpc) is 3.18. The van der Waals surface area contributed by atoms with Crippen LogP contribution < -0.4 is 0 Å². The number of nitrogens with one attached hydrogen (secondary N) is 1. The molecular formula is C25H35N3O2S. The van der Waals surface area contributed by atoms with Gasteiger partial charge < -0.3 is 10.2 Å². The molecule has 4 rings (SSSR count). The van der Waals surface area contributed by atoms with Crippen LogP contribution in [0.2, 0.25) is 0 Å². The van der Waals surface area contributed by atoms with Crippen molar-refractivity contribution in [2.24, 2.45) is 28.7 Å². The minimum atomic E-state index is 0.220. The van der Waals surface area contributed by atoms with Crippen molar-refractivity contribution in [3.05, 3.63) is 48.5 Å². The maximum absolute atomic E-state index is 9.18. The van der Waals surface area contributed by atoms with Crippen molar-refractivity contribution in [2.75, 3.05) is 26.1 Å². The van der Waals surface area contributed by atoms with Crippen LogP contribution in [0.15, 0.2) is 58.4 Å². The fourth-order valence-electron chi connectivity index (χ4n) is 3.65. The third-order valence-corrected chi connectivity index (χ3v) is 6.65. The molecular weight excluding hydrogens is 406 g/mol. The Labute approximate surface area is 190 Å². The molecule has 2 unspecified atom stereocenters. The second-order valence-electron chi connectivity index (χ2n) is 8.34. The Balaban J connectivity index is 0.000000182. The molecule has 3 N–H and O–H groups in total. The number of aliphatic hydroxyl groups is 1. The Morgan fingerprint density at radius 3 is 1.94 bits per heavy atom. The maximum atomic E-state index is 9.18. The SMILES string of the molecule is C=NC(=N)C(C)C.CC1C2CN(CO)CC12.CSc1ccc(-c2ccc(O)cc2)cc1. The molecule has 2 atom stereocenters. The molecule has 2 fully saturated rings. The normalized spacial score (nSPS) is 21.3. The minimum Gasteiger partial charge on any atom is -0.508 e. The van der Waals surface area contributed by atoms with Crippen molar-refractivity contribution in [3.63, 3.8) is 0 Å². The van der Waals surface area contributed by atoms with Crippen LogP contribution in [0.3, 0.4) is 0 Å². The molecule has 5 nitrogen and oxygen atoms in total. The van der Waals surface area contributed by atoms with E-state index in [1.807, 2.05) is 26.0 Å². The van der Waals surface area contributed by atoms with Gasteiger partial charge in [0.05, 0.1) is 6.73 Å². The highest BCUT2D eigenvalue weighted by Crippen LogP contribution is 2.50. The van der Waals surface area contributed by atoms with Crippen molar-refractivity contribution >= 4 is 24.3 Å². The van der Waals surface area contributed by atoms with Gasteiger partial charge in [-0.2, -0.15) is 0 Å². The van der Waals surface area contributed by atoms with Gasteiger partial charge in [0, 0.05) is 23.9 Å². The van der Waals surface area contributed by atoms with E-state index >= 15 is 0 Å². The molecule has 1 saturated carbocycles. The second-order valence-corrected chi connectivity index (χ2v) is 9.22. The number of hydrogen-bond acceptors (Lipinski definition) is 5. The van der Waals surface area contributed by atoms with E-state index in [4.69, 9.17) is 10.5 Å². The number of amidine groups is 1. The van der Waals surface area contributed by atoms with E-state index in [-0.39, 0.29) is 12.6 Å². The predicted octanol–water partition coefficient (Wildman–Crippen LogP) is 5.24. The summed E-state index contributed by atoms with van der Waals surface area (Å²) in [4.78, 5) is 6.80. The molecule has 1 saturated heterocycles. The zero-order chi connectivity index (χ0) is 23.0. The van der Waals surface area contributed by atoms with E-state index in [1.165, 1.54) is 10.5 Å². The molecule has 0 spiro atoms. The monoisotopic (exact) mass is 441 g/mol. The molecule has 0 bridgehead atoms. The number of piperidine rings is 1. The van der Waals surface area contributed by atoms with E-state index in [1.54, 1.807) is 23.9 Å². The molecule has 0 amide bonds. The van der Waals surface area contributed by atoms with Crippen molar-refractivity contribution < 1.29 is 10.2 Å². The molecule has 31 heavy (non-hydrogen) atoms. The lowest BCUT2D eigenvalue weighted by Crippen LogP contribution is -2.24. The summed E-state index contributed by atoms with van der Waals surface area (Å²) in [6.07, 6.45) is 2.07. The lowest BCUT2D eigenvalue weighted by molar-refractivity contribution is 0.115. The van der Waals surface area contributed by atoms with Gasteiger partial charge in [-0.05, 0) is 66.1 Å². The highest BCUT2D eigenvalue weighted by Gasteiger charge is 2.52. The van der Waals surface area contributed by atoms with Crippen molar-refractivity contribution in [1.29, 1.82) is 5.41 Å². The Morgan fingerprint density at radius 1 is 1.10 bits per heavy atom. The number of aliphatic imine (C=N–C) groups is 1. The summed E-state index contributed by atoms with van der Waals surface area (Å²) >= 11 is 1.74. The van der Waals surface area contributed by atoms with Gasteiger partial charge >= 0.3 is 0 Å². The Kier molecular flexibility index (Phi) is 9.75. The van der Waals surface area contributed by atoms with Crippen molar-refractivity contribution in [2.45, 2.75) is 25.7 Å². The van der Waals surface area contributed by atoms with Crippen LogP contribution in [0, 0.1) is 29.1 Å². The lowest BCUT2D eigenvalue weighted by atomic mass is 10.1. The molecule has 168 valence electrons. The maximum Gasteiger partial charge on any atom is 0.122 e. The fraction of sp³-hybridized carbons (Fsp3) is 0.440. The third-order valence-electron chi connectivity index (χ3n) is 5.91. The Bertz CT molecular complexity index is 825. The molecule has 2 aliphatic rings. The quantitative estimate of drug-likeness (QED) is 0.345. The van der Waals surface area contributed by atoms with Gasteiger partial charge in [-0.3, -0.25) is 10.3 Å². The molecule has 0 radical (unpaired) electrons. The van der Waals surface area contributed by atoms with E-state index in [0.717, 1.165) is 36.4 Å². The number of rotatable bonds is 4. The van der Waals surface area contributed by atoms with Crippen LogP contribution >= 0.6 is 11.8 Å². The molecule has 0 aromatic heterocycles. The first-order valence-electron chi connectivity index (χ1n) is 10.6. The highest BCUT2D eigenvalue weighted by molar-refractivity contribution is 7.98. The van der Waals surface area contributed by atoms with E-state index in [0.29, 0.717) is 11.6 Å². The van der Waals surface area contributed by atoms with Gasteiger partial charge in [0.25, 0.3) is 0 Å². The topological polar surface area (TPSA) is 79.9 Å². The summed E-state index contributed by atoms with van der Waals surface area (Å²) in [5, 5.41) is 24.9. The summed E-state index contributed by atoms with van der Waals surface area (Å²) < 4.78 is 0. The average molecular weight is 442 g/mol. The van der Waals surface area contributed by atoms with Crippen LogP contribution in [0.1, 0.15) is 20.8 Å². The first kappa shape index (κ1) is 25.1. The zero-order valence-corrected chi connectivity index (χ0v) is 19.8. The number of aliphatic hydroxyl groups excluding tert-OH is 1. The van der Waals surface area contributed by atoms with Crippen molar-refractivity contribution in [3.8, 4) is 16.9 Å². The summed E-state index contributed by atoms with van der Waals surface area (Å²) in [6.45, 7) is 11.9. The van der Waals surface area contributed by atoms with Gasteiger partial charge in [0.1, 0.15) is 11.6 Å². The second kappa shape index (κ2) is 12.0. The van der Waals surface area contributed by atoms with Gasteiger partial charge in [0.2, 0.25) is 0 Å². The van der Waals surface area contributed by atoms with Gasteiger partial charge in [-0.15, -0.1) is 11.8 Å². The van der Waals surface area contributed by atoms with Gasteiger partial charge in [-0.25, -0.2) is 4.99 Å². The standard InChI is InChI=1S/C13H12OS.C7H13NO.C5H10N2/c1-15-13-8-4-11(5-9-13)10-2-6-12(14)7-3-10;1-5-6-2-8(4-9)3-7(5)6;1-4(2)5(6)7-3/h2-9,14H,1H3;5-7,9H,2-4H2,1H3;4,6H,3H2,1-2H3.